The van der Waals surface area contributed by atoms with Crippen LogP contribution in [0.4, 0.5) is 8.78 Å². The van der Waals surface area contributed by atoms with Crippen LogP contribution in [0.1, 0.15) is 99.2 Å². The van der Waals surface area contributed by atoms with Gasteiger partial charge in [-0.2, -0.15) is 0 Å². The van der Waals surface area contributed by atoms with Gasteiger partial charge >= 0.3 is 0 Å². The third-order valence-corrected chi connectivity index (χ3v) is 7.29. The second-order valence-electron chi connectivity index (χ2n) is 9.56. The molecule has 174 valence electrons. The van der Waals surface area contributed by atoms with Crippen LogP contribution in [0.15, 0.2) is 36.4 Å². The number of hydrogen-bond donors (Lipinski definition) is 0. The fraction of sp³-hybridized carbons (Fsp3) is 0.571. The molecule has 1 heterocycles. The lowest BCUT2D eigenvalue weighted by Gasteiger charge is -2.31. The summed E-state index contributed by atoms with van der Waals surface area (Å²) in [5.41, 5.74) is 3.16. The van der Waals surface area contributed by atoms with E-state index in [1.54, 1.807) is 12.1 Å². The summed E-state index contributed by atoms with van der Waals surface area (Å²) in [4.78, 5) is 0. The van der Waals surface area contributed by atoms with Crippen LogP contribution in [0.3, 0.4) is 0 Å². The molecule has 1 saturated heterocycles. The van der Waals surface area contributed by atoms with Crippen molar-refractivity contribution in [3.63, 3.8) is 0 Å². The van der Waals surface area contributed by atoms with E-state index in [0.29, 0.717) is 31.1 Å². The first-order valence-electron chi connectivity index (χ1n) is 12.4. The van der Waals surface area contributed by atoms with Gasteiger partial charge in [-0.05, 0) is 60.6 Å². The Morgan fingerprint density at radius 1 is 0.750 bits per heavy atom. The molecule has 0 radical (unpaired) electrons. The topological polar surface area (TPSA) is 18.5 Å². The number of halogens is 2. The molecule has 0 aromatic heterocycles. The van der Waals surface area contributed by atoms with Crippen molar-refractivity contribution in [1.82, 2.24) is 0 Å². The Balaban J connectivity index is 1.33. The molecule has 0 atom stereocenters. The Morgan fingerprint density at radius 3 is 1.97 bits per heavy atom. The van der Waals surface area contributed by atoms with E-state index in [4.69, 9.17) is 9.47 Å². The van der Waals surface area contributed by atoms with Crippen molar-refractivity contribution in [2.45, 2.75) is 83.3 Å². The third-order valence-electron chi connectivity index (χ3n) is 7.29. The first-order valence-corrected chi connectivity index (χ1v) is 12.4. The lowest BCUT2D eigenvalue weighted by atomic mass is 9.77. The van der Waals surface area contributed by atoms with Crippen LogP contribution in [-0.2, 0) is 15.9 Å². The largest absolute Gasteiger partial charge is 0.348 e. The highest BCUT2D eigenvalue weighted by molar-refractivity contribution is 5.30. The summed E-state index contributed by atoms with van der Waals surface area (Å²) in [6, 6.07) is 12.1. The van der Waals surface area contributed by atoms with Crippen LogP contribution in [0.25, 0.3) is 0 Å². The molecule has 1 aliphatic carbocycles. The van der Waals surface area contributed by atoms with Crippen molar-refractivity contribution in [2.75, 3.05) is 13.2 Å². The van der Waals surface area contributed by atoms with Crippen molar-refractivity contribution in [1.29, 1.82) is 0 Å². The maximum Gasteiger partial charge on any atom is 0.186 e. The van der Waals surface area contributed by atoms with Gasteiger partial charge in [0.2, 0.25) is 0 Å². The summed E-state index contributed by atoms with van der Waals surface area (Å²) >= 11 is 0. The van der Waals surface area contributed by atoms with Crippen molar-refractivity contribution in [3.8, 4) is 0 Å². The Hall–Kier alpha value is -1.78. The quantitative estimate of drug-likeness (QED) is 0.435. The molecular formula is C28H36F2O2. The van der Waals surface area contributed by atoms with Crippen LogP contribution in [0, 0.1) is 17.6 Å². The van der Waals surface area contributed by atoms with Gasteiger partial charge in [0.1, 0.15) is 0 Å². The van der Waals surface area contributed by atoms with E-state index in [-0.39, 0.29) is 11.5 Å². The number of benzene rings is 2. The second-order valence-corrected chi connectivity index (χ2v) is 9.56. The molecule has 0 amide bonds. The molecule has 0 unspecified atom stereocenters. The number of rotatable bonds is 7. The maximum atomic E-state index is 14.5. The zero-order valence-corrected chi connectivity index (χ0v) is 19.4. The smallest absolute Gasteiger partial charge is 0.186 e. The zero-order chi connectivity index (χ0) is 22.5. The summed E-state index contributed by atoms with van der Waals surface area (Å²) in [5, 5.41) is 0. The molecule has 2 aliphatic rings. The standard InChI is InChI=1S/C28H36F2O2/c1-3-5-19-7-9-20(10-8-19)21-11-13-22(14-12-21)24-17-31-28(32-18-24)25-16-15-23(6-4-2)26(29)27(25)30/h11-16,19-20,24,28H,3-10,17-18H2,1-2H3. The Kier molecular flexibility index (Phi) is 7.96. The van der Waals surface area contributed by atoms with Crippen LogP contribution in [0.2, 0.25) is 0 Å². The molecule has 4 rings (SSSR count). The maximum absolute atomic E-state index is 14.5. The summed E-state index contributed by atoms with van der Waals surface area (Å²) in [7, 11) is 0. The van der Waals surface area contributed by atoms with Crippen molar-refractivity contribution >= 4 is 0 Å². The van der Waals surface area contributed by atoms with Crippen LogP contribution in [0.5, 0.6) is 0 Å². The lowest BCUT2D eigenvalue weighted by Crippen LogP contribution is -2.26. The highest BCUT2D eigenvalue weighted by Gasteiger charge is 2.29. The Bertz CT molecular complexity index is 864. The Morgan fingerprint density at radius 2 is 1.38 bits per heavy atom. The molecule has 2 nitrogen and oxygen atoms in total. The second kappa shape index (κ2) is 10.9. The van der Waals surface area contributed by atoms with Gasteiger partial charge in [0.25, 0.3) is 0 Å². The summed E-state index contributed by atoms with van der Waals surface area (Å²) in [6.07, 6.45) is 8.39. The average Bonchev–Trinajstić information content (AvgIpc) is 2.83. The fourth-order valence-corrected chi connectivity index (χ4v) is 5.36. The molecule has 1 saturated carbocycles. The fourth-order valence-electron chi connectivity index (χ4n) is 5.36. The van der Waals surface area contributed by atoms with Gasteiger partial charge in [0.15, 0.2) is 17.9 Å². The molecule has 0 spiro atoms. The van der Waals surface area contributed by atoms with Crippen molar-refractivity contribution < 1.29 is 18.3 Å². The minimum Gasteiger partial charge on any atom is -0.348 e. The number of aryl methyl sites for hydroxylation is 1. The Labute approximate surface area is 191 Å². The van der Waals surface area contributed by atoms with Crippen molar-refractivity contribution in [3.05, 3.63) is 70.3 Å². The first kappa shape index (κ1) is 23.4. The minimum atomic E-state index is -0.853. The van der Waals surface area contributed by atoms with Gasteiger partial charge < -0.3 is 9.47 Å². The predicted molar refractivity (Wildman–Crippen MR) is 124 cm³/mol. The molecule has 2 aromatic rings. The highest BCUT2D eigenvalue weighted by Crippen LogP contribution is 2.38. The molecule has 1 aliphatic heterocycles. The van der Waals surface area contributed by atoms with Gasteiger partial charge in [-0.15, -0.1) is 0 Å². The normalized spacial score (nSPS) is 26.2. The molecule has 32 heavy (non-hydrogen) atoms. The average molecular weight is 443 g/mol. The van der Waals surface area contributed by atoms with Gasteiger partial charge in [-0.3, -0.25) is 0 Å². The third kappa shape index (κ3) is 5.23. The molecule has 0 N–H and O–H groups in total. The number of ether oxygens (including phenoxy) is 2. The molecule has 4 heteroatoms. The molecule has 2 fully saturated rings. The van der Waals surface area contributed by atoms with Crippen LogP contribution >= 0.6 is 0 Å². The lowest BCUT2D eigenvalue weighted by molar-refractivity contribution is -0.193. The van der Waals surface area contributed by atoms with Gasteiger partial charge in [0, 0.05) is 11.5 Å². The van der Waals surface area contributed by atoms with Crippen LogP contribution in [-0.4, -0.2) is 13.2 Å². The SMILES string of the molecule is CCCc1ccc(C2OCC(c3ccc(C4CCC(CCC)CC4)cc3)CO2)c(F)c1F. The van der Waals surface area contributed by atoms with Gasteiger partial charge in [-0.25, -0.2) is 8.78 Å². The summed E-state index contributed by atoms with van der Waals surface area (Å²) < 4.78 is 40.5. The zero-order valence-electron chi connectivity index (χ0n) is 19.4. The van der Waals surface area contributed by atoms with E-state index >= 15 is 0 Å². The first-order chi connectivity index (χ1) is 15.6. The summed E-state index contributed by atoms with van der Waals surface area (Å²) in [5.74, 6) is 0.0679. The monoisotopic (exact) mass is 442 g/mol. The van der Waals surface area contributed by atoms with Crippen molar-refractivity contribution in [2.24, 2.45) is 5.92 Å². The van der Waals surface area contributed by atoms with E-state index < -0.39 is 17.9 Å². The van der Waals surface area contributed by atoms with Gasteiger partial charge in [0.05, 0.1) is 13.2 Å². The van der Waals surface area contributed by atoms with E-state index in [9.17, 15) is 8.78 Å². The van der Waals surface area contributed by atoms with E-state index in [1.807, 2.05) is 6.92 Å². The highest BCUT2D eigenvalue weighted by atomic mass is 19.2. The van der Waals surface area contributed by atoms with E-state index in [0.717, 1.165) is 12.3 Å². The minimum absolute atomic E-state index is 0.105. The van der Waals surface area contributed by atoms with Gasteiger partial charge in [-0.1, -0.05) is 69.5 Å². The molecule has 2 aromatic carbocycles. The molecular weight excluding hydrogens is 406 g/mol. The molecule has 0 bridgehead atoms. The summed E-state index contributed by atoms with van der Waals surface area (Å²) in [6.45, 7) is 5.10. The number of hydrogen-bond acceptors (Lipinski definition) is 2. The van der Waals surface area contributed by atoms with E-state index in [1.165, 1.54) is 49.7 Å². The predicted octanol–water partition coefficient (Wildman–Crippen LogP) is 7.82. The van der Waals surface area contributed by atoms with E-state index in [2.05, 4.69) is 31.2 Å². The van der Waals surface area contributed by atoms with Crippen LogP contribution < -0.4 is 0 Å².